The van der Waals surface area contributed by atoms with Crippen molar-refractivity contribution in [3.05, 3.63) is 21.3 Å². The number of methoxy groups -OCH3 is 1. The van der Waals surface area contributed by atoms with Crippen molar-refractivity contribution in [1.82, 2.24) is 5.32 Å². The van der Waals surface area contributed by atoms with E-state index in [9.17, 15) is 0 Å². The number of hydrogen-bond acceptors (Lipinski definition) is 3. The molecule has 1 aromatic heterocycles. The van der Waals surface area contributed by atoms with Crippen LogP contribution < -0.4 is 5.32 Å². The fourth-order valence-corrected chi connectivity index (χ4v) is 2.60. The van der Waals surface area contributed by atoms with Gasteiger partial charge in [-0.05, 0) is 37.4 Å². The third kappa shape index (κ3) is 5.85. The van der Waals surface area contributed by atoms with Crippen LogP contribution in [0.2, 0.25) is 4.34 Å². The van der Waals surface area contributed by atoms with Gasteiger partial charge in [-0.3, -0.25) is 0 Å². The second-order valence-corrected chi connectivity index (χ2v) is 5.85. The van der Waals surface area contributed by atoms with Crippen LogP contribution in [-0.4, -0.2) is 26.8 Å². The summed E-state index contributed by atoms with van der Waals surface area (Å²) < 4.78 is 5.87. The average molecular weight is 262 g/mol. The molecule has 0 amide bonds. The van der Waals surface area contributed by atoms with Crippen LogP contribution in [0.15, 0.2) is 12.1 Å². The van der Waals surface area contributed by atoms with Gasteiger partial charge in [0, 0.05) is 18.5 Å². The lowest BCUT2D eigenvalue weighted by molar-refractivity contribution is 0.198. The topological polar surface area (TPSA) is 21.3 Å². The highest BCUT2D eigenvalue weighted by atomic mass is 35.5. The van der Waals surface area contributed by atoms with Crippen molar-refractivity contribution in [2.75, 3.05) is 26.8 Å². The first kappa shape index (κ1) is 14.0. The Labute approximate surface area is 107 Å². The molecule has 0 fully saturated rings. The lowest BCUT2D eigenvalue weighted by Crippen LogP contribution is -2.25. The standard InChI is InChI=1S/C12H20ClNOS/c1-10(9-14-7-8-15-2)3-4-11-5-6-12(13)16-11/h5-6,10,14H,3-4,7-9H2,1-2H3. The zero-order chi connectivity index (χ0) is 11.8. The Bertz CT molecular complexity index is 290. The number of nitrogens with one attached hydrogen (secondary N) is 1. The van der Waals surface area contributed by atoms with Crippen LogP contribution >= 0.6 is 22.9 Å². The van der Waals surface area contributed by atoms with Crippen molar-refractivity contribution in [2.24, 2.45) is 5.92 Å². The van der Waals surface area contributed by atoms with Crippen molar-refractivity contribution in [3.63, 3.8) is 0 Å². The van der Waals surface area contributed by atoms with Gasteiger partial charge in [0.1, 0.15) is 0 Å². The molecule has 0 radical (unpaired) electrons. The predicted octanol–water partition coefficient (Wildman–Crippen LogP) is 3.21. The molecule has 1 unspecified atom stereocenters. The normalized spacial score (nSPS) is 12.9. The van der Waals surface area contributed by atoms with Gasteiger partial charge in [-0.2, -0.15) is 0 Å². The van der Waals surface area contributed by atoms with E-state index in [-0.39, 0.29) is 0 Å². The molecule has 0 saturated heterocycles. The fraction of sp³-hybridized carbons (Fsp3) is 0.667. The van der Waals surface area contributed by atoms with E-state index in [1.165, 1.54) is 11.3 Å². The number of ether oxygens (including phenoxy) is 1. The Morgan fingerprint density at radius 3 is 2.94 bits per heavy atom. The first-order valence-corrected chi connectivity index (χ1v) is 6.85. The van der Waals surface area contributed by atoms with E-state index in [4.69, 9.17) is 16.3 Å². The van der Waals surface area contributed by atoms with Gasteiger partial charge in [0.25, 0.3) is 0 Å². The molecule has 0 aliphatic rings. The smallest absolute Gasteiger partial charge is 0.0931 e. The summed E-state index contributed by atoms with van der Waals surface area (Å²) in [4.78, 5) is 1.38. The van der Waals surface area contributed by atoms with E-state index >= 15 is 0 Å². The van der Waals surface area contributed by atoms with Crippen molar-refractivity contribution < 1.29 is 4.74 Å². The predicted molar refractivity (Wildman–Crippen MR) is 71.6 cm³/mol. The zero-order valence-electron chi connectivity index (χ0n) is 9.96. The summed E-state index contributed by atoms with van der Waals surface area (Å²) in [6.07, 6.45) is 2.33. The van der Waals surface area contributed by atoms with Crippen LogP contribution in [0, 0.1) is 5.92 Å². The summed E-state index contributed by atoms with van der Waals surface area (Å²) in [5.41, 5.74) is 0. The number of hydrogen-bond donors (Lipinski definition) is 1. The monoisotopic (exact) mass is 261 g/mol. The highest BCUT2D eigenvalue weighted by molar-refractivity contribution is 7.16. The van der Waals surface area contributed by atoms with Crippen LogP contribution in [0.1, 0.15) is 18.2 Å². The number of aryl methyl sites for hydroxylation is 1. The molecule has 0 spiro atoms. The molecule has 1 rings (SSSR count). The molecule has 16 heavy (non-hydrogen) atoms. The van der Waals surface area contributed by atoms with Crippen molar-refractivity contribution >= 4 is 22.9 Å². The maximum Gasteiger partial charge on any atom is 0.0931 e. The van der Waals surface area contributed by atoms with Crippen LogP contribution in [0.4, 0.5) is 0 Å². The van der Waals surface area contributed by atoms with E-state index in [2.05, 4.69) is 18.3 Å². The van der Waals surface area contributed by atoms with Crippen molar-refractivity contribution in [3.8, 4) is 0 Å². The largest absolute Gasteiger partial charge is 0.383 e. The molecule has 1 aromatic rings. The summed E-state index contributed by atoms with van der Waals surface area (Å²) in [6.45, 7) is 5.05. The van der Waals surface area contributed by atoms with Gasteiger partial charge < -0.3 is 10.1 Å². The highest BCUT2D eigenvalue weighted by Gasteiger charge is 2.04. The molecule has 0 aliphatic carbocycles. The second-order valence-electron chi connectivity index (χ2n) is 4.05. The van der Waals surface area contributed by atoms with Gasteiger partial charge >= 0.3 is 0 Å². The molecule has 1 heterocycles. The Balaban J connectivity index is 2.08. The molecular weight excluding hydrogens is 242 g/mol. The van der Waals surface area contributed by atoms with Crippen LogP contribution in [0.3, 0.4) is 0 Å². The maximum absolute atomic E-state index is 5.89. The first-order chi connectivity index (χ1) is 7.72. The number of rotatable bonds is 8. The molecule has 2 nitrogen and oxygen atoms in total. The van der Waals surface area contributed by atoms with E-state index < -0.39 is 0 Å². The molecule has 92 valence electrons. The van der Waals surface area contributed by atoms with Gasteiger partial charge in [-0.25, -0.2) is 0 Å². The molecule has 0 bridgehead atoms. The van der Waals surface area contributed by atoms with Crippen molar-refractivity contribution in [2.45, 2.75) is 19.8 Å². The van der Waals surface area contributed by atoms with E-state index in [1.807, 2.05) is 6.07 Å². The van der Waals surface area contributed by atoms with Crippen molar-refractivity contribution in [1.29, 1.82) is 0 Å². The van der Waals surface area contributed by atoms with Gasteiger partial charge in [-0.15, -0.1) is 11.3 Å². The minimum Gasteiger partial charge on any atom is -0.383 e. The second kappa shape index (κ2) is 8.07. The maximum atomic E-state index is 5.89. The van der Waals surface area contributed by atoms with Gasteiger partial charge in [-0.1, -0.05) is 18.5 Å². The van der Waals surface area contributed by atoms with E-state index in [0.29, 0.717) is 5.92 Å². The number of halogens is 1. The number of thiophene rings is 1. The van der Waals surface area contributed by atoms with Gasteiger partial charge in [0.15, 0.2) is 0 Å². The van der Waals surface area contributed by atoms with Crippen LogP contribution in [0.25, 0.3) is 0 Å². The van der Waals surface area contributed by atoms with Crippen LogP contribution in [0.5, 0.6) is 0 Å². The Hall–Kier alpha value is -0.0900. The Kier molecular flexibility index (Phi) is 7.05. The molecule has 1 atom stereocenters. The summed E-state index contributed by atoms with van der Waals surface area (Å²) in [5.74, 6) is 0.692. The molecule has 0 saturated carbocycles. The third-order valence-corrected chi connectivity index (χ3v) is 3.78. The molecule has 0 aliphatic heterocycles. The van der Waals surface area contributed by atoms with Gasteiger partial charge in [0.2, 0.25) is 0 Å². The minimum absolute atomic E-state index is 0.692. The zero-order valence-corrected chi connectivity index (χ0v) is 11.5. The lowest BCUT2D eigenvalue weighted by Gasteiger charge is -2.11. The van der Waals surface area contributed by atoms with Crippen LogP contribution in [-0.2, 0) is 11.2 Å². The van der Waals surface area contributed by atoms with E-state index in [1.54, 1.807) is 18.4 Å². The summed E-state index contributed by atoms with van der Waals surface area (Å²) >= 11 is 7.57. The molecule has 1 N–H and O–H groups in total. The van der Waals surface area contributed by atoms with Gasteiger partial charge in [0.05, 0.1) is 10.9 Å². The minimum atomic E-state index is 0.692. The molecule has 4 heteroatoms. The summed E-state index contributed by atoms with van der Waals surface area (Å²) in [5, 5.41) is 3.38. The SMILES string of the molecule is COCCNCC(C)CCc1ccc(Cl)s1. The Morgan fingerprint density at radius 1 is 1.50 bits per heavy atom. The van der Waals surface area contributed by atoms with E-state index in [0.717, 1.165) is 30.5 Å². The quantitative estimate of drug-likeness (QED) is 0.726. The average Bonchev–Trinajstić information content (AvgIpc) is 2.68. The highest BCUT2D eigenvalue weighted by Crippen LogP contribution is 2.23. The Morgan fingerprint density at radius 2 is 2.31 bits per heavy atom. The molecule has 0 aromatic carbocycles. The fourth-order valence-electron chi connectivity index (χ4n) is 1.50. The lowest BCUT2D eigenvalue weighted by atomic mass is 10.1. The third-order valence-electron chi connectivity index (χ3n) is 2.49. The summed E-state index contributed by atoms with van der Waals surface area (Å²) in [7, 11) is 1.73. The molecular formula is C12H20ClNOS. The first-order valence-electron chi connectivity index (χ1n) is 5.66. The summed E-state index contributed by atoms with van der Waals surface area (Å²) in [6, 6.07) is 4.10.